The molecule has 0 saturated heterocycles. The third-order valence-electron chi connectivity index (χ3n) is 9.80. The number of hydrogen-bond acceptors (Lipinski definition) is 6. The van der Waals surface area contributed by atoms with Gasteiger partial charge in [0.05, 0.1) is 0 Å². The van der Waals surface area contributed by atoms with Gasteiger partial charge >= 0.3 is 0 Å². The Balaban J connectivity index is 0.834. The minimum atomic E-state index is -0.276. The number of rotatable bonds is 12. The lowest BCUT2D eigenvalue weighted by Crippen LogP contribution is -2.44. The fourth-order valence-electron chi connectivity index (χ4n) is 7.29. The van der Waals surface area contributed by atoms with E-state index in [0.717, 1.165) is 39.4 Å². The number of imide groups is 2. The average Bonchev–Trinajstić information content (AvgIpc) is 3.17. The topological polar surface area (TPSA) is 98.8 Å². The molecule has 2 aliphatic rings. The molecule has 0 unspecified atom stereocenters. The van der Waals surface area contributed by atoms with Crippen molar-refractivity contribution in [1.82, 2.24) is 20.4 Å². The van der Waals surface area contributed by atoms with E-state index in [1.165, 1.54) is 9.80 Å². The van der Waals surface area contributed by atoms with Crippen LogP contribution in [0.2, 0.25) is 0 Å². The molecular formula is C43H36N4O4. The molecule has 51 heavy (non-hydrogen) atoms. The normalized spacial score (nSPS) is 13.9. The zero-order chi connectivity index (χ0) is 34.9. The minimum absolute atomic E-state index is 0.260. The Morgan fingerprint density at radius 3 is 1.24 bits per heavy atom. The Kier molecular flexibility index (Phi) is 8.69. The van der Waals surface area contributed by atoms with Crippen LogP contribution in [-0.2, 0) is 0 Å². The van der Waals surface area contributed by atoms with Gasteiger partial charge in [-0.25, -0.2) is 0 Å². The van der Waals surface area contributed by atoms with Gasteiger partial charge in [-0.2, -0.15) is 0 Å². The van der Waals surface area contributed by atoms with E-state index < -0.39 is 0 Å². The maximum absolute atomic E-state index is 13.6. The highest BCUT2D eigenvalue weighted by Gasteiger charge is 2.34. The van der Waals surface area contributed by atoms with E-state index in [9.17, 15) is 19.2 Å². The molecule has 0 aliphatic carbocycles. The first-order valence-electron chi connectivity index (χ1n) is 17.4. The first kappa shape index (κ1) is 32.3. The van der Waals surface area contributed by atoms with Gasteiger partial charge in [0.15, 0.2) is 0 Å². The van der Waals surface area contributed by atoms with Crippen molar-refractivity contribution in [3.63, 3.8) is 0 Å². The van der Waals surface area contributed by atoms with Crippen LogP contribution in [0, 0.1) is 0 Å². The van der Waals surface area contributed by atoms with Gasteiger partial charge in [0.1, 0.15) is 0 Å². The molecular weight excluding hydrogens is 636 g/mol. The van der Waals surface area contributed by atoms with E-state index in [0.29, 0.717) is 59.2 Å². The second-order valence-electron chi connectivity index (χ2n) is 13.0. The molecule has 2 N–H and O–H groups in total. The molecule has 0 radical (unpaired) electrons. The predicted molar refractivity (Wildman–Crippen MR) is 200 cm³/mol. The molecule has 8 nitrogen and oxygen atoms in total. The predicted octanol–water partition coefficient (Wildman–Crippen LogP) is 6.79. The molecule has 2 aliphatic heterocycles. The number of carbonyl (C=O) groups excluding carboxylic acids is 4. The average molecular weight is 673 g/mol. The SMILES string of the molecule is O=C1c2cccc3cc(-c4ccccc4)cc(c23)C(=O)N1CCNCCCNCCN1C(=O)c2cccc3cc(-c4ccccc4)cc(c23)C1=O. The van der Waals surface area contributed by atoms with Crippen molar-refractivity contribution < 1.29 is 19.2 Å². The molecule has 2 heterocycles. The number of amides is 4. The fourth-order valence-corrected chi connectivity index (χ4v) is 7.29. The van der Waals surface area contributed by atoms with Crippen LogP contribution in [0.25, 0.3) is 43.8 Å². The molecule has 0 spiro atoms. The van der Waals surface area contributed by atoms with E-state index in [1.807, 2.05) is 109 Å². The quantitative estimate of drug-likeness (QED) is 0.110. The lowest BCUT2D eigenvalue weighted by molar-refractivity contribution is 0.0597. The number of hydrogen-bond donors (Lipinski definition) is 2. The van der Waals surface area contributed by atoms with Crippen molar-refractivity contribution >= 4 is 45.2 Å². The second-order valence-corrected chi connectivity index (χ2v) is 13.0. The molecule has 6 aromatic rings. The third kappa shape index (κ3) is 5.98. The second kappa shape index (κ2) is 13.7. The molecule has 0 aromatic heterocycles. The van der Waals surface area contributed by atoms with Crippen LogP contribution in [0.15, 0.2) is 121 Å². The first-order valence-corrected chi connectivity index (χ1v) is 17.4. The molecule has 8 rings (SSSR count). The summed E-state index contributed by atoms with van der Waals surface area (Å²) < 4.78 is 0. The molecule has 6 aromatic carbocycles. The van der Waals surface area contributed by atoms with Crippen LogP contribution in [-0.4, -0.2) is 72.7 Å². The standard InChI is InChI=1S/C43H36N4O4/c48-40-34-16-7-14-30-24-32(28-10-3-1-4-11-28)26-36(38(30)34)42(50)46(40)22-20-44-18-9-19-45-21-23-47-41(49)35-17-8-15-31-25-33(29-12-5-2-6-13-29)27-37(39(31)35)43(47)51/h1-8,10-17,24-27,44-45H,9,18-23H2. The zero-order valence-electron chi connectivity index (χ0n) is 28.0. The van der Waals surface area contributed by atoms with E-state index in [1.54, 1.807) is 12.1 Å². The first-order chi connectivity index (χ1) is 25.0. The van der Waals surface area contributed by atoms with Crippen molar-refractivity contribution in [3.05, 3.63) is 144 Å². The molecule has 252 valence electrons. The van der Waals surface area contributed by atoms with Crippen LogP contribution in [0.4, 0.5) is 0 Å². The Morgan fingerprint density at radius 2 is 0.804 bits per heavy atom. The number of nitrogens with one attached hydrogen (secondary N) is 2. The summed E-state index contributed by atoms with van der Waals surface area (Å²) in [4.78, 5) is 56.7. The zero-order valence-corrected chi connectivity index (χ0v) is 28.0. The number of carbonyl (C=O) groups is 4. The largest absolute Gasteiger partial charge is 0.315 e. The van der Waals surface area contributed by atoms with E-state index >= 15 is 0 Å². The summed E-state index contributed by atoms with van der Waals surface area (Å²) in [5.74, 6) is -1.10. The summed E-state index contributed by atoms with van der Waals surface area (Å²) in [7, 11) is 0. The minimum Gasteiger partial charge on any atom is -0.315 e. The molecule has 0 saturated carbocycles. The van der Waals surface area contributed by atoms with Crippen molar-refractivity contribution in [1.29, 1.82) is 0 Å². The third-order valence-corrected chi connectivity index (χ3v) is 9.80. The summed E-state index contributed by atoms with van der Waals surface area (Å²) >= 11 is 0. The Morgan fingerprint density at radius 1 is 0.392 bits per heavy atom. The Bertz CT molecular complexity index is 2170. The lowest BCUT2D eigenvalue weighted by Gasteiger charge is -2.28. The van der Waals surface area contributed by atoms with Gasteiger partial charge in [0, 0.05) is 59.2 Å². The number of nitrogens with zero attached hydrogens (tertiary/aromatic N) is 2. The fraction of sp³-hybridized carbons (Fsp3) is 0.163. The summed E-state index contributed by atoms with van der Waals surface area (Å²) in [5, 5.41) is 9.89. The van der Waals surface area contributed by atoms with Gasteiger partial charge in [-0.1, -0.05) is 84.9 Å². The highest BCUT2D eigenvalue weighted by molar-refractivity contribution is 6.27. The molecule has 0 atom stereocenters. The summed E-state index contributed by atoms with van der Waals surface area (Å²) in [6.45, 7) is 2.80. The van der Waals surface area contributed by atoms with Gasteiger partial charge < -0.3 is 10.6 Å². The summed E-state index contributed by atoms with van der Waals surface area (Å²) in [6, 6.07) is 38.9. The summed E-state index contributed by atoms with van der Waals surface area (Å²) in [6.07, 6.45) is 0.787. The van der Waals surface area contributed by atoms with Gasteiger partial charge in [0.2, 0.25) is 0 Å². The van der Waals surface area contributed by atoms with Gasteiger partial charge in [-0.3, -0.25) is 29.0 Å². The van der Waals surface area contributed by atoms with Gasteiger partial charge in [0.25, 0.3) is 23.6 Å². The van der Waals surface area contributed by atoms with Crippen LogP contribution in [0.5, 0.6) is 0 Å². The van der Waals surface area contributed by atoms with E-state index in [-0.39, 0.29) is 36.7 Å². The summed E-state index contributed by atoms with van der Waals surface area (Å²) in [5.41, 5.74) is 6.11. The Hall–Kier alpha value is -5.96. The van der Waals surface area contributed by atoms with Crippen LogP contribution >= 0.6 is 0 Å². The van der Waals surface area contributed by atoms with Gasteiger partial charge in [-0.15, -0.1) is 0 Å². The maximum atomic E-state index is 13.6. The van der Waals surface area contributed by atoms with Gasteiger partial charge in [-0.05, 0) is 88.9 Å². The van der Waals surface area contributed by atoms with Crippen LogP contribution in [0.1, 0.15) is 47.9 Å². The monoisotopic (exact) mass is 672 g/mol. The lowest BCUT2D eigenvalue weighted by atomic mass is 9.90. The van der Waals surface area contributed by atoms with Crippen LogP contribution in [0.3, 0.4) is 0 Å². The molecule has 4 amide bonds. The van der Waals surface area contributed by atoms with E-state index in [4.69, 9.17) is 0 Å². The van der Waals surface area contributed by atoms with Crippen molar-refractivity contribution in [3.8, 4) is 22.3 Å². The molecule has 0 fully saturated rings. The van der Waals surface area contributed by atoms with E-state index in [2.05, 4.69) is 10.6 Å². The maximum Gasteiger partial charge on any atom is 0.261 e. The molecule has 8 heteroatoms. The van der Waals surface area contributed by atoms with Crippen LogP contribution < -0.4 is 10.6 Å². The molecule has 0 bridgehead atoms. The smallest absolute Gasteiger partial charge is 0.261 e. The highest BCUT2D eigenvalue weighted by atomic mass is 16.2. The van der Waals surface area contributed by atoms with Crippen molar-refractivity contribution in [2.24, 2.45) is 0 Å². The van der Waals surface area contributed by atoms with Crippen molar-refractivity contribution in [2.45, 2.75) is 6.42 Å². The van der Waals surface area contributed by atoms with Crippen molar-refractivity contribution in [2.75, 3.05) is 39.3 Å². The number of benzene rings is 6. The highest BCUT2D eigenvalue weighted by Crippen LogP contribution is 2.36. The Labute approximate surface area is 295 Å².